The van der Waals surface area contributed by atoms with E-state index < -0.39 is 11.5 Å². The Hall–Kier alpha value is -3.57. The molecular weight excluding hydrogens is 376 g/mol. The van der Waals surface area contributed by atoms with Crippen LogP contribution in [-0.2, 0) is 0 Å². The number of carbonyl (C=O) groups excluding carboxylic acids is 1. The Balaban J connectivity index is 1.94. The summed E-state index contributed by atoms with van der Waals surface area (Å²) in [5.41, 5.74) is 0.594. The molecule has 4 rings (SSSR count). The van der Waals surface area contributed by atoms with Gasteiger partial charge in [0.15, 0.2) is 0 Å². The molecule has 0 saturated carbocycles. The molecule has 0 aliphatic heterocycles. The quantitative estimate of drug-likeness (QED) is 0.537. The smallest absolute Gasteiger partial charge is 0.272 e. The second-order valence-electron chi connectivity index (χ2n) is 6.18. The molecule has 28 heavy (non-hydrogen) atoms. The number of carbonyl (C=O) groups is 1. The molecule has 5 nitrogen and oxygen atoms in total. The van der Waals surface area contributed by atoms with E-state index in [4.69, 9.17) is 11.6 Å². The van der Waals surface area contributed by atoms with Crippen molar-refractivity contribution in [2.24, 2.45) is 0 Å². The van der Waals surface area contributed by atoms with Crippen molar-refractivity contribution < 1.29 is 9.90 Å². The molecule has 1 heterocycles. The standard InChI is InChI=1S/C22H15ClN2O3/c23-14-7-6-8-15(13-14)24-21(27)19-20(26)17-11-4-5-12-18(17)25(22(19)28)16-9-2-1-3-10-16/h1-13,26H,(H,24,27). The number of aromatic nitrogens is 1. The minimum Gasteiger partial charge on any atom is -0.506 e. The summed E-state index contributed by atoms with van der Waals surface area (Å²) < 4.78 is 1.42. The Kier molecular flexibility index (Phi) is 4.59. The highest BCUT2D eigenvalue weighted by atomic mass is 35.5. The van der Waals surface area contributed by atoms with Crippen LogP contribution in [0.4, 0.5) is 5.69 Å². The second kappa shape index (κ2) is 7.21. The third kappa shape index (κ3) is 3.12. The Labute approximate surface area is 165 Å². The van der Waals surface area contributed by atoms with Crippen molar-refractivity contribution in [2.75, 3.05) is 5.32 Å². The summed E-state index contributed by atoms with van der Waals surface area (Å²) >= 11 is 5.95. The first-order chi connectivity index (χ1) is 13.6. The number of benzene rings is 3. The number of pyridine rings is 1. The maximum Gasteiger partial charge on any atom is 0.272 e. The number of hydrogen-bond donors (Lipinski definition) is 2. The lowest BCUT2D eigenvalue weighted by atomic mass is 10.1. The molecule has 0 aliphatic rings. The van der Waals surface area contributed by atoms with E-state index >= 15 is 0 Å². The monoisotopic (exact) mass is 390 g/mol. The van der Waals surface area contributed by atoms with Gasteiger partial charge in [-0.25, -0.2) is 0 Å². The normalized spacial score (nSPS) is 10.8. The van der Waals surface area contributed by atoms with Crippen LogP contribution in [0.1, 0.15) is 10.4 Å². The van der Waals surface area contributed by atoms with E-state index in [-0.39, 0.29) is 11.3 Å². The number of amides is 1. The Morgan fingerprint density at radius 1 is 0.929 bits per heavy atom. The lowest BCUT2D eigenvalue weighted by Crippen LogP contribution is -2.29. The molecule has 0 fully saturated rings. The van der Waals surface area contributed by atoms with E-state index in [1.54, 1.807) is 72.8 Å². The summed E-state index contributed by atoms with van der Waals surface area (Å²) in [4.78, 5) is 26.1. The van der Waals surface area contributed by atoms with Gasteiger partial charge in [-0.1, -0.05) is 48.0 Å². The summed E-state index contributed by atoms with van der Waals surface area (Å²) in [5, 5.41) is 14.2. The average Bonchev–Trinajstić information content (AvgIpc) is 2.69. The van der Waals surface area contributed by atoms with Crippen LogP contribution in [0.3, 0.4) is 0 Å². The number of halogens is 1. The lowest BCUT2D eigenvalue weighted by Gasteiger charge is -2.15. The fourth-order valence-electron chi connectivity index (χ4n) is 3.12. The molecule has 2 N–H and O–H groups in total. The van der Waals surface area contributed by atoms with Gasteiger partial charge in [0, 0.05) is 21.8 Å². The molecular formula is C22H15ClN2O3. The van der Waals surface area contributed by atoms with Gasteiger partial charge in [0.1, 0.15) is 11.3 Å². The van der Waals surface area contributed by atoms with Gasteiger partial charge in [0.05, 0.1) is 5.52 Å². The highest BCUT2D eigenvalue weighted by Crippen LogP contribution is 2.28. The fraction of sp³-hybridized carbons (Fsp3) is 0. The van der Waals surface area contributed by atoms with Gasteiger partial charge < -0.3 is 10.4 Å². The molecule has 1 amide bonds. The molecule has 0 bridgehead atoms. The minimum atomic E-state index is -0.708. The molecule has 1 aromatic heterocycles. The maximum atomic E-state index is 13.2. The number of rotatable bonds is 3. The van der Waals surface area contributed by atoms with Crippen molar-refractivity contribution in [3.05, 3.63) is 99.8 Å². The number of para-hydroxylation sites is 2. The highest BCUT2D eigenvalue weighted by Gasteiger charge is 2.23. The van der Waals surface area contributed by atoms with E-state index in [0.29, 0.717) is 27.3 Å². The zero-order chi connectivity index (χ0) is 19.7. The van der Waals surface area contributed by atoms with Crippen LogP contribution in [0.2, 0.25) is 5.02 Å². The summed E-state index contributed by atoms with van der Waals surface area (Å²) in [7, 11) is 0. The number of hydrogen-bond acceptors (Lipinski definition) is 3. The van der Waals surface area contributed by atoms with E-state index in [9.17, 15) is 14.7 Å². The van der Waals surface area contributed by atoms with Gasteiger partial charge in [-0.3, -0.25) is 14.2 Å². The van der Waals surface area contributed by atoms with Crippen molar-refractivity contribution >= 4 is 34.1 Å². The molecule has 3 aromatic carbocycles. The Morgan fingerprint density at radius 2 is 1.64 bits per heavy atom. The van der Waals surface area contributed by atoms with Gasteiger partial charge in [0.25, 0.3) is 11.5 Å². The van der Waals surface area contributed by atoms with Gasteiger partial charge in [-0.2, -0.15) is 0 Å². The first-order valence-corrected chi connectivity index (χ1v) is 8.93. The first-order valence-electron chi connectivity index (χ1n) is 8.55. The van der Waals surface area contributed by atoms with Gasteiger partial charge in [-0.05, 0) is 42.5 Å². The topological polar surface area (TPSA) is 71.3 Å². The Bertz CT molecular complexity index is 1250. The van der Waals surface area contributed by atoms with Crippen molar-refractivity contribution in [2.45, 2.75) is 0 Å². The fourth-order valence-corrected chi connectivity index (χ4v) is 3.31. The van der Waals surface area contributed by atoms with Crippen molar-refractivity contribution in [1.82, 2.24) is 4.57 Å². The molecule has 0 spiro atoms. The number of nitrogens with one attached hydrogen (secondary N) is 1. The first kappa shape index (κ1) is 17.8. The van der Waals surface area contributed by atoms with E-state index in [2.05, 4.69) is 5.32 Å². The van der Waals surface area contributed by atoms with Crippen LogP contribution in [0.5, 0.6) is 5.75 Å². The molecule has 0 saturated heterocycles. The highest BCUT2D eigenvalue weighted by molar-refractivity contribution is 6.31. The van der Waals surface area contributed by atoms with E-state index in [1.807, 2.05) is 6.07 Å². The van der Waals surface area contributed by atoms with Crippen LogP contribution in [0.25, 0.3) is 16.6 Å². The van der Waals surface area contributed by atoms with E-state index in [1.165, 1.54) is 4.57 Å². The maximum absolute atomic E-state index is 13.2. The number of aromatic hydroxyl groups is 1. The van der Waals surface area contributed by atoms with Crippen LogP contribution < -0.4 is 10.9 Å². The zero-order valence-electron chi connectivity index (χ0n) is 14.6. The second-order valence-corrected chi connectivity index (χ2v) is 6.62. The lowest BCUT2D eigenvalue weighted by molar-refractivity contribution is 0.102. The predicted octanol–water partition coefficient (Wildman–Crippen LogP) is 4.60. The molecule has 0 radical (unpaired) electrons. The van der Waals surface area contributed by atoms with Crippen molar-refractivity contribution in [3.8, 4) is 11.4 Å². The van der Waals surface area contributed by atoms with Crippen LogP contribution in [-0.4, -0.2) is 15.6 Å². The molecule has 0 aliphatic carbocycles. The molecule has 4 aromatic rings. The number of anilines is 1. The molecule has 0 atom stereocenters. The third-order valence-corrected chi connectivity index (χ3v) is 4.61. The third-order valence-electron chi connectivity index (χ3n) is 4.38. The summed E-state index contributed by atoms with van der Waals surface area (Å²) in [6.45, 7) is 0. The summed E-state index contributed by atoms with van der Waals surface area (Å²) in [5.74, 6) is -1.06. The van der Waals surface area contributed by atoms with Gasteiger partial charge in [0.2, 0.25) is 0 Å². The van der Waals surface area contributed by atoms with Crippen LogP contribution in [0.15, 0.2) is 83.7 Å². The number of nitrogens with zero attached hydrogens (tertiary/aromatic N) is 1. The average molecular weight is 391 g/mol. The van der Waals surface area contributed by atoms with Crippen LogP contribution >= 0.6 is 11.6 Å². The Morgan fingerprint density at radius 3 is 2.39 bits per heavy atom. The number of fused-ring (bicyclic) bond motifs is 1. The summed E-state index contributed by atoms with van der Waals surface area (Å²) in [6.07, 6.45) is 0. The van der Waals surface area contributed by atoms with Gasteiger partial charge in [-0.15, -0.1) is 0 Å². The summed E-state index contributed by atoms with van der Waals surface area (Å²) in [6, 6.07) is 22.4. The molecule has 0 unspecified atom stereocenters. The zero-order valence-corrected chi connectivity index (χ0v) is 15.4. The van der Waals surface area contributed by atoms with Crippen LogP contribution in [0, 0.1) is 0 Å². The van der Waals surface area contributed by atoms with Gasteiger partial charge >= 0.3 is 0 Å². The largest absolute Gasteiger partial charge is 0.506 e. The predicted molar refractivity (Wildman–Crippen MR) is 111 cm³/mol. The SMILES string of the molecule is O=C(Nc1cccc(Cl)c1)c1c(O)c2ccccc2n(-c2ccccc2)c1=O. The minimum absolute atomic E-state index is 0.331. The van der Waals surface area contributed by atoms with Crippen molar-refractivity contribution in [3.63, 3.8) is 0 Å². The van der Waals surface area contributed by atoms with E-state index in [0.717, 1.165) is 0 Å². The molecule has 138 valence electrons. The molecule has 6 heteroatoms. The van der Waals surface area contributed by atoms with Crippen molar-refractivity contribution in [1.29, 1.82) is 0 Å².